The number of carboxylic acid groups (broad SMARTS) is 1. The summed E-state index contributed by atoms with van der Waals surface area (Å²) in [6.07, 6.45) is -2.43. The molecule has 1 unspecified atom stereocenters. The molecule has 0 aliphatic heterocycles. The number of benzene rings is 1. The Morgan fingerprint density at radius 3 is 2.29 bits per heavy atom. The van der Waals surface area contributed by atoms with E-state index in [0.717, 1.165) is 0 Å². The lowest BCUT2D eigenvalue weighted by atomic mass is 10.0. The molecule has 0 amide bonds. The first kappa shape index (κ1) is 18.8. The van der Waals surface area contributed by atoms with E-state index in [4.69, 9.17) is 14.6 Å². The zero-order chi connectivity index (χ0) is 16.2. The lowest BCUT2D eigenvalue weighted by molar-refractivity contribution is -0.182. The van der Waals surface area contributed by atoms with E-state index in [1.165, 1.54) is 19.2 Å². The van der Waals surface area contributed by atoms with Gasteiger partial charge in [-0.1, -0.05) is 0 Å². The van der Waals surface area contributed by atoms with Crippen molar-refractivity contribution in [3.8, 4) is 5.75 Å². The molecule has 2 N–H and O–H groups in total. The molecule has 9 heteroatoms. The second-order valence-corrected chi connectivity index (χ2v) is 6.31. The fourth-order valence-corrected chi connectivity index (χ4v) is 3.56. The normalized spacial score (nSPS) is 13.0. The Morgan fingerprint density at radius 2 is 1.86 bits per heavy atom. The maximum absolute atomic E-state index is 13.3. The van der Waals surface area contributed by atoms with Crippen molar-refractivity contribution in [1.82, 2.24) is 0 Å². The van der Waals surface area contributed by atoms with Crippen LogP contribution in [0.1, 0.15) is 11.7 Å². The van der Waals surface area contributed by atoms with E-state index in [1.54, 1.807) is 0 Å². The SMILES string of the molecule is COCCOc1c(I)cc(C(O)C(F)(F)C(=O)O)cc1I. The molecule has 0 radical (unpaired) electrons. The molecule has 1 aromatic rings. The van der Waals surface area contributed by atoms with Gasteiger partial charge in [-0.15, -0.1) is 0 Å². The summed E-state index contributed by atoms with van der Waals surface area (Å²) in [6.45, 7) is 0.656. The average Bonchev–Trinajstić information content (AvgIpc) is 2.40. The van der Waals surface area contributed by atoms with Crippen molar-refractivity contribution in [2.45, 2.75) is 12.0 Å². The number of aliphatic carboxylic acids is 1. The predicted molar refractivity (Wildman–Crippen MR) is 86.8 cm³/mol. The quantitative estimate of drug-likeness (QED) is 0.421. The summed E-state index contributed by atoms with van der Waals surface area (Å²) >= 11 is 3.74. The van der Waals surface area contributed by atoms with Crippen LogP contribution in [0.25, 0.3) is 0 Å². The largest absolute Gasteiger partial charge is 0.489 e. The summed E-state index contributed by atoms with van der Waals surface area (Å²) in [6, 6.07) is 2.54. The number of hydrogen-bond donors (Lipinski definition) is 2. The van der Waals surface area contributed by atoms with Crippen molar-refractivity contribution < 1.29 is 33.3 Å². The van der Waals surface area contributed by atoms with Crippen molar-refractivity contribution >= 4 is 51.2 Å². The standard InChI is InChI=1S/C12H12F2I2O5/c1-20-2-3-21-9-7(15)4-6(5-8(9)16)10(17)12(13,14)11(18)19/h4-5,10,17H,2-3H2,1H3,(H,18,19). The first-order valence-corrected chi connectivity index (χ1v) is 7.77. The molecule has 5 nitrogen and oxygen atoms in total. The number of alkyl halides is 2. The second kappa shape index (κ2) is 7.83. The zero-order valence-electron chi connectivity index (χ0n) is 10.8. The third-order valence-electron chi connectivity index (χ3n) is 2.50. The Morgan fingerprint density at radius 1 is 1.33 bits per heavy atom. The lowest BCUT2D eigenvalue weighted by Gasteiger charge is -2.20. The molecule has 118 valence electrons. The van der Waals surface area contributed by atoms with Gasteiger partial charge in [0, 0.05) is 7.11 Å². The second-order valence-electron chi connectivity index (χ2n) is 3.99. The molecule has 0 spiro atoms. The first-order valence-electron chi connectivity index (χ1n) is 5.61. The molecule has 1 rings (SSSR count). The number of methoxy groups -OCH3 is 1. The van der Waals surface area contributed by atoms with E-state index in [0.29, 0.717) is 19.5 Å². The van der Waals surface area contributed by atoms with Crippen LogP contribution in [0.5, 0.6) is 5.75 Å². The molecule has 0 aromatic heterocycles. The number of aliphatic hydroxyl groups is 1. The van der Waals surface area contributed by atoms with Gasteiger partial charge >= 0.3 is 11.9 Å². The fourth-order valence-electron chi connectivity index (χ4n) is 1.43. The molecule has 1 aromatic carbocycles. The lowest BCUT2D eigenvalue weighted by Crippen LogP contribution is -2.35. The van der Waals surface area contributed by atoms with E-state index in [9.17, 15) is 18.7 Å². The summed E-state index contributed by atoms with van der Waals surface area (Å²) in [7, 11) is 1.52. The molecule has 21 heavy (non-hydrogen) atoms. The highest BCUT2D eigenvalue weighted by molar-refractivity contribution is 14.1. The van der Waals surface area contributed by atoms with Crippen LogP contribution >= 0.6 is 45.2 Å². The molecular weight excluding hydrogens is 516 g/mol. The molecule has 0 aliphatic rings. The minimum atomic E-state index is -4.26. The van der Waals surface area contributed by atoms with E-state index in [-0.39, 0.29) is 12.2 Å². The third kappa shape index (κ3) is 4.60. The number of carbonyl (C=O) groups is 1. The van der Waals surface area contributed by atoms with Gasteiger partial charge in [0.25, 0.3) is 0 Å². The number of ether oxygens (including phenoxy) is 2. The molecule has 0 heterocycles. The van der Waals surface area contributed by atoms with Gasteiger partial charge < -0.3 is 19.7 Å². The van der Waals surface area contributed by atoms with Crippen LogP contribution in [0, 0.1) is 7.14 Å². The smallest absolute Gasteiger partial charge is 0.377 e. The summed E-state index contributed by atoms with van der Waals surface area (Å²) in [5, 5.41) is 18.0. The van der Waals surface area contributed by atoms with Crippen LogP contribution in [0.15, 0.2) is 12.1 Å². The first-order chi connectivity index (χ1) is 9.71. The maximum Gasteiger partial charge on any atom is 0.377 e. The minimum absolute atomic E-state index is 0.185. The Labute approximate surface area is 146 Å². The molecule has 0 aliphatic carbocycles. The Balaban J connectivity index is 3.05. The van der Waals surface area contributed by atoms with Gasteiger partial charge in [-0.25, -0.2) is 4.79 Å². The van der Waals surface area contributed by atoms with Crippen LogP contribution in [0.2, 0.25) is 0 Å². The van der Waals surface area contributed by atoms with Gasteiger partial charge in [0.1, 0.15) is 12.4 Å². The third-order valence-corrected chi connectivity index (χ3v) is 4.10. The predicted octanol–water partition coefficient (Wildman–Crippen LogP) is 2.67. The van der Waals surface area contributed by atoms with Gasteiger partial charge in [-0.3, -0.25) is 0 Å². The molecule has 0 fully saturated rings. The van der Waals surface area contributed by atoms with Crippen LogP contribution in [0.3, 0.4) is 0 Å². The van der Waals surface area contributed by atoms with Crippen molar-refractivity contribution in [1.29, 1.82) is 0 Å². The highest BCUT2D eigenvalue weighted by Crippen LogP contribution is 2.36. The van der Waals surface area contributed by atoms with Gasteiger partial charge in [0.15, 0.2) is 6.10 Å². The summed E-state index contributed by atoms with van der Waals surface area (Å²) in [5.41, 5.74) is -0.185. The van der Waals surface area contributed by atoms with E-state index < -0.39 is 18.0 Å². The molecule has 1 atom stereocenters. The van der Waals surface area contributed by atoms with Crippen molar-refractivity contribution in [3.05, 3.63) is 24.8 Å². The van der Waals surface area contributed by atoms with E-state index in [2.05, 4.69) is 0 Å². The number of hydrogen-bond acceptors (Lipinski definition) is 4. The maximum atomic E-state index is 13.3. The van der Waals surface area contributed by atoms with Gasteiger partial charge in [-0.05, 0) is 62.9 Å². The Bertz CT molecular complexity index is 501. The van der Waals surface area contributed by atoms with Gasteiger partial charge in [0.2, 0.25) is 0 Å². The van der Waals surface area contributed by atoms with Crippen LogP contribution < -0.4 is 4.74 Å². The molecule has 0 saturated carbocycles. The summed E-state index contributed by atoms with van der Waals surface area (Å²) < 4.78 is 37.9. The van der Waals surface area contributed by atoms with E-state index in [1.807, 2.05) is 45.2 Å². The number of carboxylic acids is 1. The van der Waals surface area contributed by atoms with Crippen molar-refractivity contribution in [3.63, 3.8) is 0 Å². The summed E-state index contributed by atoms with van der Waals surface area (Å²) in [5.74, 6) is -6.16. The highest BCUT2D eigenvalue weighted by atomic mass is 127. The van der Waals surface area contributed by atoms with Crippen molar-refractivity contribution in [2.75, 3.05) is 20.3 Å². The average molecular weight is 528 g/mol. The zero-order valence-corrected chi connectivity index (χ0v) is 15.1. The van der Waals surface area contributed by atoms with E-state index >= 15 is 0 Å². The fraction of sp³-hybridized carbons (Fsp3) is 0.417. The minimum Gasteiger partial charge on any atom is -0.489 e. The number of rotatable bonds is 7. The monoisotopic (exact) mass is 528 g/mol. The molecular formula is C12H12F2I2O5. The number of halogens is 4. The molecule has 0 bridgehead atoms. The summed E-state index contributed by atoms with van der Waals surface area (Å²) in [4.78, 5) is 10.5. The van der Waals surface area contributed by atoms with Gasteiger partial charge in [0.05, 0.1) is 13.7 Å². The number of aliphatic hydroxyl groups excluding tert-OH is 1. The topological polar surface area (TPSA) is 76.0 Å². The highest BCUT2D eigenvalue weighted by Gasteiger charge is 2.48. The van der Waals surface area contributed by atoms with Crippen molar-refractivity contribution in [2.24, 2.45) is 0 Å². The Kier molecular flexibility index (Phi) is 7.00. The van der Waals surface area contributed by atoms with Crippen LogP contribution in [-0.4, -0.2) is 42.4 Å². The molecule has 0 saturated heterocycles. The van der Waals surface area contributed by atoms with Gasteiger partial charge in [-0.2, -0.15) is 8.78 Å². The van der Waals surface area contributed by atoms with Crippen LogP contribution in [0.4, 0.5) is 8.78 Å². The Hall–Kier alpha value is -0.270. The van der Waals surface area contributed by atoms with Crippen LogP contribution in [-0.2, 0) is 9.53 Å².